The third-order valence-corrected chi connectivity index (χ3v) is 4.16. The van der Waals surface area contributed by atoms with E-state index in [0.29, 0.717) is 5.82 Å². The molecule has 0 aliphatic carbocycles. The van der Waals surface area contributed by atoms with E-state index >= 15 is 0 Å². The van der Waals surface area contributed by atoms with Gasteiger partial charge < -0.3 is 15.3 Å². The van der Waals surface area contributed by atoms with Crippen LogP contribution in [0.15, 0.2) is 0 Å². The molecular weight excluding hydrogens is 230 g/mol. The minimum absolute atomic E-state index is 0.0739. The number of H-pyrrole nitrogens is 1. The summed E-state index contributed by atoms with van der Waals surface area (Å²) in [6.45, 7) is 3.15. The number of hydrogen-bond acceptors (Lipinski definition) is 5. The summed E-state index contributed by atoms with van der Waals surface area (Å²) in [5.74, 6) is 2.08. The zero-order chi connectivity index (χ0) is 12.4. The Bertz CT molecular complexity index is 380. The predicted molar refractivity (Wildman–Crippen MR) is 68.3 cm³/mol. The zero-order valence-corrected chi connectivity index (χ0v) is 10.6. The van der Waals surface area contributed by atoms with Gasteiger partial charge in [0.15, 0.2) is 5.82 Å². The summed E-state index contributed by atoms with van der Waals surface area (Å²) in [6, 6.07) is 0.729. The standard InChI is InChI=1S/C12H21N5O/c18-8-11-14-12(16-15-11)17-6-3-9(4-7-17)10-2-1-5-13-10/h9-10,13,18H,1-8H2,(H,14,15,16). The van der Waals surface area contributed by atoms with Gasteiger partial charge in [-0.1, -0.05) is 0 Å². The Hall–Kier alpha value is -1.14. The number of nitrogens with zero attached hydrogens (tertiary/aromatic N) is 3. The third kappa shape index (κ3) is 2.35. The maximum absolute atomic E-state index is 8.97. The largest absolute Gasteiger partial charge is 0.388 e. The first-order valence-electron chi connectivity index (χ1n) is 6.87. The SMILES string of the molecule is OCc1nc(N2CCC(C3CCCN3)CC2)n[nH]1. The summed E-state index contributed by atoms with van der Waals surface area (Å²) in [5, 5.41) is 19.5. The second-order valence-corrected chi connectivity index (χ2v) is 5.27. The van der Waals surface area contributed by atoms with E-state index in [1.54, 1.807) is 0 Å². The number of hydrogen-bond donors (Lipinski definition) is 3. The number of aromatic nitrogens is 3. The van der Waals surface area contributed by atoms with Gasteiger partial charge in [0, 0.05) is 19.1 Å². The van der Waals surface area contributed by atoms with Crippen molar-refractivity contribution >= 4 is 5.95 Å². The Morgan fingerprint density at radius 2 is 2.11 bits per heavy atom. The van der Waals surface area contributed by atoms with Crippen LogP contribution in [0, 0.1) is 5.92 Å². The summed E-state index contributed by atoms with van der Waals surface area (Å²) in [7, 11) is 0. The molecule has 2 aliphatic heterocycles. The molecular formula is C12H21N5O. The molecule has 0 saturated carbocycles. The number of anilines is 1. The van der Waals surface area contributed by atoms with Gasteiger partial charge >= 0.3 is 0 Å². The maximum atomic E-state index is 8.97. The third-order valence-electron chi connectivity index (χ3n) is 4.16. The first-order valence-corrected chi connectivity index (χ1v) is 6.87. The first-order chi connectivity index (χ1) is 8.86. The Kier molecular flexibility index (Phi) is 3.47. The number of rotatable bonds is 3. The fourth-order valence-corrected chi connectivity index (χ4v) is 3.11. The molecule has 18 heavy (non-hydrogen) atoms. The topological polar surface area (TPSA) is 77.1 Å². The quantitative estimate of drug-likeness (QED) is 0.718. The van der Waals surface area contributed by atoms with Crippen LogP contribution in [0.3, 0.4) is 0 Å². The molecule has 6 nitrogen and oxygen atoms in total. The minimum Gasteiger partial charge on any atom is -0.388 e. The van der Waals surface area contributed by atoms with Crippen LogP contribution in [0.2, 0.25) is 0 Å². The summed E-state index contributed by atoms with van der Waals surface area (Å²) in [4.78, 5) is 6.48. The highest BCUT2D eigenvalue weighted by atomic mass is 16.3. The van der Waals surface area contributed by atoms with Crippen LogP contribution in [0.25, 0.3) is 0 Å². The van der Waals surface area contributed by atoms with Gasteiger partial charge in [-0.05, 0) is 38.1 Å². The molecule has 1 aromatic rings. The molecule has 2 fully saturated rings. The molecule has 1 unspecified atom stereocenters. The van der Waals surface area contributed by atoms with E-state index in [1.807, 2.05) is 0 Å². The van der Waals surface area contributed by atoms with Crippen molar-refractivity contribution < 1.29 is 5.11 Å². The van der Waals surface area contributed by atoms with E-state index in [-0.39, 0.29) is 6.61 Å². The molecule has 2 saturated heterocycles. The Labute approximate surface area is 107 Å². The molecule has 3 rings (SSSR count). The van der Waals surface area contributed by atoms with Gasteiger partial charge in [-0.3, -0.25) is 5.10 Å². The van der Waals surface area contributed by atoms with Crippen LogP contribution >= 0.6 is 0 Å². The van der Waals surface area contributed by atoms with Crippen molar-refractivity contribution in [1.29, 1.82) is 0 Å². The summed E-state index contributed by atoms with van der Waals surface area (Å²) >= 11 is 0. The van der Waals surface area contributed by atoms with E-state index in [0.717, 1.165) is 31.0 Å². The lowest BCUT2D eigenvalue weighted by Crippen LogP contribution is -2.41. The maximum Gasteiger partial charge on any atom is 0.244 e. The van der Waals surface area contributed by atoms with Crippen LogP contribution in [-0.2, 0) is 6.61 Å². The lowest BCUT2D eigenvalue weighted by atomic mass is 9.89. The van der Waals surface area contributed by atoms with Gasteiger partial charge in [0.25, 0.3) is 0 Å². The van der Waals surface area contributed by atoms with Crippen molar-refractivity contribution in [3.8, 4) is 0 Å². The monoisotopic (exact) mass is 251 g/mol. The summed E-state index contributed by atoms with van der Waals surface area (Å²) < 4.78 is 0. The highest BCUT2D eigenvalue weighted by Crippen LogP contribution is 2.26. The summed E-state index contributed by atoms with van der Waals surface area (Å²) in [5.41, 5.74) is 0. The van der Waals surface area contributed by atoms with Gasteiger partial charge in [-0.25, -0.2) is 0 Å². The molecule has 3 heterocycles. The lowest BCUT2D eigenvalue weighted by molar-refractivity contribution is 0.272. The molecule has 1 aromatic heterocycles. The molecule has 6 heteroatoms. The number of aliphatic hydroxyl groups excluding tert-OH is 1. The molecule has 0 bridgehead atoms. The molecule has 0 aromatic carbocycles. The van der Waals surface area contributed by atoms with E-state index in [1.165, 1.54) is 32.2 Å². The molecule has 3 N–H and O–H groups in total. The smallest absolute Gasteiger partial charge is 0.244 e. The van der Waals surface area contributed by atoms with Gasteiger partial charge in [-0.15, -0.1) is 5.10 Å². The van der Waals surface area contributed by atoms with E-state index in [4.69, 9.17) is 5.11 Å². The fourth-order valence-electron chi connectivity index (χ4n) is 3.11. The Morgan fingerprint density at radius 1 is 1.28 bits per heavy atom. The zero-order valence-electron chi connectivity index (χ0n) is 10.6. The average molecular weight is 251 g/mol. The second-order valence-electron chi connectivity index (χ2n) is 5.27. The first kappa shape index (κ1) is 11.9. The number of nitrogens with one attached hydrogen (secondary N) is 2. The van der Waals surface area contributed by atoms with Gasteiger partial charge in [0.2, 0.25) is 5.95 Å². The Balaban J connectivity index is 1.55. The van der Waals surface area contributed by atoms with Crippen molar-refractivity contribution in [1.82, 2.24) is 20.5 Å². The second kappa shape index (κ2) is 5.24. The minimum atomic E-state index is -0.0739. The highest BCUT2D eigenvalue weighted by Gasteiger charge is 2.29. The van der Waals surface area contributed by atoms with Crippen molar-refractivity contribution in [3.63, 3.8) is 0 Å². The van der Waals surface area contributed by atoms with E-state index in [2.05, 4.69) is 25.4 Å². The predicted octanol–water partition coefficient (Wildman–Crippen LogP) is 0.265. The molecule has 100 valence electrons. The van der Waals surface area contributed by atoms with E-state index in [9.17, 15) is 0 Å². The molecule has 0 spiro atoms. The van der Waals surface area contributed by atoms with Crippen molar-refractivity contribution in [2.24, 2.45) is 5.92 Å². The van der Waals surface area contributed by atoms with Crippen LogP contribution in [-0.4, -0.2) is 46.0 Å². The molecule has 0 amide bonds. The normalized spacial score (nSPS) is 25.8. The summed E-state index contributed by atoms with van der Waals surface area (Å²) in [6.07, 6.45) is 5.08. The molecule has 2 aliphatic rings. The van der Waals surface area contributed by atoms with Crippen molar-refractivity contribution in [3.05, 3.63) is 5.82 Å². The van der Waals surface area contributed by atoms with Gasteiger partial charge in [0.1, 0.15) is 6.61 Å². The van der Waals surface area contributed by atoms with Crippen LogP contribution < -0.4 is 10.2 Å². The van der Waals surface area contributed by atoms with Crippen LogP contribution in [0.4, 0.5) is 5.95 Å². The number of piperidine rings is 1. The van der Waals surface area contributed by atoms with Crippen LogP contribution in [0.1, 0.15) is 31.5 Å². The van der Waals surface area contributed by atoms with Crippen LogP contribution in [0.5, 0.6) is 0 Å². The highest BCUT2D eigenvalue weighted by molar-refractivity contribution is 5.29. The molecule has 0 radical (unpaired) electrons. The van der Waals surface area contributed by atoms with Crippen molar-refractivity contribution in [2.75, 3.05) is 24.5 Å². The number of aromatic amines is 1. The van der Waals surface area contributed by atoms with E-state index < -0.39 is 0 Å². The lowest BCUT2D eigenvalue weighted by Gasteiger charge is -2.34. The molecule has 1 atom stereocenters. The average Bonchev–Trinajstić information content (AvgIpc) is 3.10. The van der Waals surface area contributed by atoms with Gasteiger partial charge in [-0.2, -0.15) is 4.98 Å². The van der Waals surface area contributed by atoms with Gasteiger partial charge in [0.05, 0.1) is 0 Å². The fraction of sp³-hybridized carbons (Fsp3) is 0.833. The Morgan fingerprint density at radius 3 is 2.72 bits per heavy atom. The number of aliphatic hydroxyl groups is 1. The van der Waals surface area contributed by atoms with Crippen molar-refractivity contribution in [2.45, 2.75) is 38.3 Å².